The minimum atomic E-state index is -3.75. The van der Waals surface area contributed by atoms with E-state index in [4.69, 9.17) is 21.2 Å². The van der Waals surface area contributed by atoms with Gasteiger partial charge in [-0.05, 0) is 51.7 Å². The fraction of sp³-hybridized carbons (Fsp3) is 0.688. The van der Waals surface area contributed by atoms with E-state index in [1.54, 1.807) is 20.8 Å². The van der Waals surface area contributed by atoms with Gasteiger partial charge in [-0.2, -0.15) is 0 Å². The lowest BCUT2D eigenvalue weighted by molar-refractivity contribution is -0.156. The highest BCUT2D eigenvalue weighted by Crippen LogP contribution is 2.27. The van der Waals surface area contributed by atoms with Crippen molar-refractivity contribution in [3.63, 3.8) is 0 Å². The van der Waals surface area contributed by atoms with Gasteiger partial charge in [0.05, 0.1) is 10.9 Å². The van der Waals surface area contributed by atoms with Crippen molar-refractivity contribution < 1.29 is 27.9 Å². The van der Waals surface area contributed by atoms with Gasteiger partial charge < -0.3 is 14.7 Å². The molecule has 0 spiro atoms. The Morgan fingerprint density at radius 2 is 2.04 bits per heavy atom. The molecule has 1 aliphatic rings. The predicted molar refractivity (Wildman–Crippen MR) is 102 cm³/mol. The number of thiophene rings is 1. The summed E-state index contributed by atoms with van der Waals surface area (Å²) in [5, 5.41) is 11.2. The molecule has 0 aromatic carbocycles. The Kier molecular flexibility index (Phi) is 7.51. The molecule has 0 aliphatic carbocycles. The lowest BCUT2D eigenvalue weighted by Gasteiger charge is -2.34. The molecule has 1 unspecified atom stereocenters. The fourth-order valence-corrected chi connectivity index (χ4v) is 5.52. The summed E-state index contributed by atoms with van der Waals surface area (Å²) >= 11 is 6.76. The van der Waals surface area contributed by atoms with E-state index >= 15 is 0 Å². The van der Waals surface area contributed by atoms with Crippen LogP contribution in [0.2, 0.25) is 4.34 Å². The first-order chi connectivity index (χ1) is 12.5. The van der Waals surface area contributed by atoms with Crippen molar-refractivity contribution in [1.29, 1.82) is 0 Å². The number of ether oxygens (including phenoxy) is 1. The van der Waals surface area contributed by atoms with Crippen LogP contribution in [0.5, 0.6) is 0 Å². The fourth-order valence-electron chi connectivity index (χ4n) is 2.73. The monoisotopic (exact) mass is 440 g/mol. The lowest BCUT2D eigenvalue weighted by atomic mass is 9.91. The largest absolute Gasteiger partial charge is 0.528 e. The highest BCUT2D eigenvalue weighted by atomic mass is 35.5. The number of rotatable bonds is 6. The summed E-state index contributed by atoms with van der Waals surface area (Å²) in [6, 6.07) is 2.32. The number of aliphatic hydroxyl groups is 1. The van der Waals surface area contributed by atoms with Crippen molar-refractivity contribution in [1.82, 2.24) is 9.79 Å². The number of sulfonamides is 1. The van der Waals surface area contributed by atoms with E-state index in [0.29, 0.717) is 30.3 Å². The van der Waals surface area contributed by atoms with E-state index in [-0.39, 0.29) is 16.7 Å². The normalized spacial score (nSPS) is 18.3. The molecule has 154 valence electrons. The van der Waals surface area contributed by atoms with Crippen molar-refractivity contribution in [2.75, 3.05) is 19.7 Å². The van der Waals surface area contributed by atoms with Crippen LogP contribution in [-0.2, 0) is 19.6 Å². The molecule has 2 heterocycles. The molecule has 1 aliphatic heterocycles. The number of nitrogens with zero attached hydrogens (tertiary/aromatic N) is 1. The van der Waals surface area contributed by atoms with Crippen molar-refractivity contribution in [3.05, 3.63) is 16.5 Å². The maximum Gasteiger partial charge on any atom is 0.528 e. The molecule has 2 rings (SSSR count). The third-order valence-electron chi connectivity index (χ3n) is 3.98. The Balaban J connectivity index is 1.89. The van der Waals surface area contributed by atoms with Crippen LogP contribution in [0.25, 0.3) is 0 Å². The van der Waals surface area contributed by atoms with E-state index in [2.05, 4.69) is 4.72 Å². The quantitative estimate of drug-likeness (QED) is 0.655. The number of nitrogens with one attached hydrogen (secondary N) is 1. The number of halogens is 1. The second kappa shape index (κ2) is 9.06. The van der Waals surface area contributed by atoms with Gasteiger partial charge in [0.15, 0.2) is 0 Å². The zero-order valence-electron chi connectivity index (χ0n) is 15.5. The molecule has 27 heavy (non-hydrogen) atoms. The Labute approximate surface area is 168 Å². The highest BCUT2D eigenvalue weighted by Gasteiger charge is 2.32. The number of carbonyl (C=O) groups excluding carboxylic acids is 1. The predicted octanol–water partition coefficient (Wildman–Crippen LogP) is 2.62. The van der Waals surface area contributed by atoms with Crippen LogP contribution in [0.3, 0.4) is 0 Å². The molecule has 1 saturated heterocycles. The molecule has 1 aromatic rings. The third-order valence-corrected chi connectivity index (χ3v) is 7.19. The third kappa shape index (κ3) is 6.88. The molecule has 0 amide bonds. The number of piperidine rings is 1. The van der Waals surface area contributed by atoms with Gasteiger partial charge >= 0.3 is 6.16 Å². The smallest absolute Gasteiger partial charge is 0.427 e. The van der Waals surface area contributed by atoms with Gasteiger partial charge in [0.2, 0.25) is 10.0 Å². The summed E-state index contributed by atoms with van der Waals surface area (Å²) in [6.45, 7) is 5.77. The highest BCUT2D eigenvalue weighted by molar-refractivity contribution is 7.91. The molecule has 11 heteroatoms. The van der Waals surface area contributed by atoms with Gasteiger partial charge in [0, 0.05) is 19.1 Å². The summed E-state index contributed by atoms with van der Waals surface area (Å²) < 4.78 is 33.0. The van der Waals surface area contributed by atoms with Crippen LogP contribution >= 0.6 is 22.9 Å². The first kappa shape index (κ1) is 22.4. The summed E-state index contributed by atoms with van der Waals surface area (Å²) in [5.74, 6) is -0.0845. The first-order valence-corrected chi connectivity index (χ1v) is 11.2. The minimum Gasteiger partial charge on any atom is -0.427 e. The molecule has 1 fully saturated rings. The summed E-state index contributed by atoms with van der Waals surface area (Å²) in [7, 11) is -3.75. The average Bonchev–Trinajstić information content (AvgIpc) is 2.99. The second-order valence-corrected chi connectivity index (χ2v) is 10.9. The van der Waals surface area contributed by atoms with Crippen molar-refractivity contribution >= 4 is 39.1 Å². The topological polar surface area (TPSA) is 105 Å². The number of hydrogen-bond acceptors (Lipinski definition) is 8. The lowest BCUT2D eigenvalue weighted by Crippen LogP contribution is -2.47. The Morgan fingerprint density at radius 3 is 2.52 bits per heavy atom. The van der Waals surface area contributed by atoms with Gasteiger partial charge in [0.1, 0.15) is 9.81 Å². The maximum absolute atomic E-state index is 12.4. The van der Waals surface area contributed by atoms with Gasteiger partial charge in [0.25, 0.3) is 0 Å². The molecule has 2 N–H and O–H groups in total. The SMILES string of the molecule is CC(C)(C)OC(=O)ON1CCC(C(CO)NS(=O)(=O)c2ccc(Cl)s2)CC1. The van der Waals surface area contributed by atoms with Crippen LogP contribution in [0.4, 0.5) is 4.79 Å². The van der Waals surface area contributed by atoms with Crippen LogP contribution in [-0.4, -0.2) is 56.1 Å². The van der Waals surface area contributed by atoms with Crippen LogP contribution < -0.4 is 4.72 Å². The summed E-state index contributed by atoms with van der Waals surface area (Å²) in [4.78, 5) is 16.9. The summed E-state index contributed by atoms with van der Waals surface area (Å²) in [5.41, 5.74) is -0.639. The molecule has 0 bridgehead atoms. The van der Waals surface area contributed by atoms with E-state index in [9.17, 15) is 18.3 Å². The number of aliphatic hydroxyl groups excluding tert-OH is 1. The van der Waals surface area contributed by atoms with Gasteiger partial charge in [-0.1, -0.05) is 11.6 Å². The second-order valence-electron chi connectivity index (χ2n) is 7.29. The molecule has 1 atom stereocenters. The van der Waals surface area contributed by atoms with Crippen LogP contribution in [0.1, 0.15) is 33.6 Å². The first-order valence-electron chi connectivity index (χ1n) is 8.54. The zero-order valence-corrected chi connectivity index (χ0v) is 17.9. The number of carbonyl (C=O) groups is 1. The number of hydroxylamine groups is 2. The Morgan fingerprint density at radius 1 is 1.41 bits per heavy atom. The van der Waals surface area contributed by atoms with Gasteiger partial charge in [-0.15, -0.1) is 16.4 Å². The van der Waals surface area contributed by atoms with Crippen molar-refractivity contribution in [2.24, 2.45) is 5.92 Å². The van der Waals surface area contributed by atoms with Gasteiger partial charge in [-0.3, -0.25) is 0 Å². The molecule has 0 radical (unpaired) electrons. The average molecular weight is 441 g/mol. The Bertz CT molecular complexity index is 738. The Hall–Kier alpha value is -0.910. The van der Waals surface area contributed by atoms with Crippen molar-refractivity contribution in [3.8, 4) is 0 Å². The van der Waals surface area contributed by atoms with E-state index in [1.807, 2.05) is 0 Å². The summed E-state index contributed by atoms with van der Waals surface area (Å²) in [6.07, 6.45) is 0.346. The molecular formula is C16H25ClN2O6S2. The molecule has 1 aromatic heterocycles. The van der Waals surface area contributed by atoms with Crippen LogP contribution in [0.15, 0.2) is 16.3 Å². The van der Waals surface area contributed by atoms with Crippen LogP contribution in [0, 0.1) is 5.92 Å². The zero-order chi connectivity index (χ0) is 20.2. The molecule has 0 saturated carbocycles. The van der Waals surface area contributed by atoms with Crippen molar-refractivity contribution in [2.45, 2.75) is 49.5 Å². The van der Waals surface area contributed by atoms with E-state index in [0.717, 1.165) is 11.3 Å². The molecular weight excluding hydrogens is 416 g/mol. The maximum atomic E-state index is 12.4. The standard InChI is InChI=1S/C16H25ClN2O6S2/c1-16(2,3)24-15(21)25-19-8-6-11(7-9-19)12(10-20)18-27(22,23)14-5-4-13(17)26-14/h4-5,11-12,18,20H,6-10H2,1-3H3. The van der Waals surface area contributed by atoms with E-state index < -0.39 is 27.8 Å². The minimum absolute atomic E-state index is 0.0845. The molecule has 8 nitrogen and oxygen atoms in total. The van der Waals surface area contributed by atoms with E-state index in [1.165, 1.54) is 17.2 Å². The number of hydrogen-bond donors (Lipinski definition) is 2. The van der Waals surface area contributed by atoms with Gasteiger partial charge in [-0.25, -0.2) is 17.9 Å².